The van der Waals surface area contributed by atoms with Gasteiger partial charge in [-0.15, -0.1) is 0 Å². The maximum Gasteiger partial charge on any atom is 0.228 e. The number of amides is 1. The molecule has 1 aromatic rings. The molecule has 2 heterocycles. The summed E-state index contributed by atoms with van der Waals surface area (Å²) in [6.45, 7) is 3.14. The number of carbonyl (C=O) groups is 1. The summed E-state index contributed by atoms with van der Waals surface area (Å²) >= 11 is 0. The van der Waals surface area contributed by atoms with Gasteiger partial charge in [-0.25, -0.2) is 0 Å². The highest BCUT2D eigenvalue weighted by atomic mass is 16.6. The minimum Gasteiger partial charge on any atom is -0.486 e. The van der Waals surface area contributed by atoms with Crippen LogP contribution in [0.5, 0.6) is 11.5 Å². The van der Waals surface area contributed by atoms with Crippen LogP contribution in [-0.2, 0) is 4.79 Å². The number of carbonyl (C=O) groups excluding carboxylic acids is 1. The van der Waals surface area contributed by atoms with Crippen LogP contribution in [0.4, 0.5) is 5.69 Å². The second-order valence-corrected chi connectivity index (χ2v) is 6.19. The Morgan fingerprint density at radius 1 is 1.24 bits per heavy atom. The monoisotopic (exact) mass is 288 g/mol. The van der Waals surface area contributed by atoms with Crippen LogP contribution in [0.1, 0.15) is 19.3 Å². The fraction of sp³-hybridized carbons (Fsp3) is 0.562. The first-order valence-electron chi connectivity index (χ1n) is 7.69. The third kappa shape index (κ3) is 2.25. The standard InChI is InChI=1S/C16H20N2O3/c19-15(11-10-16(11)4-6-17-7-5-16)18-12-2-1-3-13-14(12)21-9-8-20-13/h1-3,11,17H,4-10H2,(H,18,19). The lowest BCUT2D eigenvalue weighted by Gasteiger charge is -2.24. The average molecular weight is 288 g/mol. The Morgan fingerprint density at radius 3 is 2.90 bits per heavy atom. The summed E-state index contributed by atoms with van der Waals surface area (Å²) in [5, 5.41) is 6.40. The zero-order valence-corrected chi connectivity index (χ0v) is 12.0. The van der Waals surface area contributed by atoms with E-state index in [-0.39, 0.29) is 17.2 Å². The van der Waals surface area contributed by atoms with E-state index in [1.165, 1.54) is 0 Å². The number of benzene rings is 1. The smallest absolute Gasteiger partial charge is 0.228 e. The number of ether oxygens (including phenoxy) is 2. The van der Waals surface area contributed by atoms with Gasteiger partial charge in [-0.05, 0) is 49.9 Å². The van der Waals surface area contributed by atoms with Gasteiger partial charge in [-0.3, -0.25) is 4.79 Å². The summed E-state index contributed by atoms with van der Waals surface area (Å²) in [5.41, 5.74) is 0.981. The molecule has 1 aromatic carbocycles. The Labute approximate surface area is 124 Å². The van der Waals surface area contributed by atoms with Gasteiger partial charge < -0.3 is 20.1 Å². The molecule has 1 spiro atoms. The molecular formula is C16H20N2O3. The van der Waals surface area contributed by atoms with Gasteiger partial charge in [0.05, 0.1) is 5.69 Å². The predicted molar refractivity (Wildman–Crippen MR) is 78.7 cm³/mol. The first-order chi connectivity index (χ1) is 10.3. The molecule has 2 N–H and O–H groups in total. The molecule has 0 radical (unpaired) electrons. The number of hydrogen-bond donors (Lipinski definition) is 2. The Bertz CT molecular complexity index is 567. The largest absolute Gasteiger partial charge is 0.486 e. The van der Waals surface area contributed by atoms with Crippen LogP contribution in [0.15, 0.2) is 18.2 Å². The Morgan fingerprint density at radius 2 is 2.05 bits per heavy atom. The number of para-hydroxylation sites is 1. The molecule has 112 valence electrons. The fourth-order valence-electron chi connectivity index (χ4n) is 3.59. The van der Waals surface area contributed by atoms with Crippen LogP contribution < -0.4 is 20.1 Å². The molecular weight excluding hydrogens is 268 g/mol. The van der Waals surface area contributed by atoms with Crippen molar-refractivity contribution >= 4 is 11.6 Å². The summed E-state index contributed by atoms with van der Waals surface area (Å²) < 4.78 is 11.2. The molecule has 1 amide bonds. The van der Waals surface area contributed by atoms with Crippen molar-refractivity contribution < 1.29 is 14.3 Å². The zero-order chi connectivity index (χ0) is 14.3. The number of hydrogen-bond acceptors (Lipinski definition) is 4. The van der Waals surface area contributed by atoms with E-state index in [4.69, 9.17) is 9.47 Å². The maximum atomic E-state index is 12.5. The second-order valence-electron chi connectivity index (χ2n) is 6.19. The molecule has 5 nitrogen and oxygen atoms in total. The lowest BCUT2D eigenvalue weighted by molar-refractivity contribution is -0.118. The molecule has 5 heteroatoms. The van der Waals surface area contributed by atoms with Crippen molar-refractivity contribution in [1.82, 2.24) is 5.32 Å². The van der Waals surface area contributed by atoms with E-state index >= 15 is 0 Å². The number of piperidine rings is 1. The van der Waals surface area contributed by atoms with Crippen molar-refractivity contribution in [2.24, 2.45) is 11.3 Å². The average Bonchev–Trinajstić information content (AvgIpc) is 3.22. The third-order valence-electron chi connectivity index (χ3n) is 4.93. The number of anilines is 1. The summed E-state index contributed by atoms with van der Waals surface area (Å²) in [5.74, 6) is 1.66. The second kappa shape index (κ2) is 4.91. The molecule has 4 rings (SSSR count). The number of nitrogens with one attached hydrogen (secondary N) is 2. The highest BCUT2D eigenvalue weighted by Gasteiger charge is 2.57. The van der Waals surface area contributed by atoms with E-state index in [1.54, 1.807) is 0 Å². The van der Waals surface area contributed by atoms with E-state index < -0.39 is 0 Å². The van der Waals surface area contributed by atoms with Crippen LogP contribution >= 0.6 is 0 Å². The number of fused-ring (bicyclic) bond motifs is 1. The first-order valence-corrected chi connectivity index (χ1v) is 7.69. The van der Waals surface area contributed by atoms with Crippen LogP contribution in [0.3, 0.4) is 0 Å². The zero-order valence-electron chi connectivity index (χ0n) is 12.0. The Kier molecular flexibility index (Phi) is 3.03. The van der Waals surface area contributed by atoms with Crippen LogP contribution in [0, 0.1) is 11.3 Å². The van der Waals surface area contributed by atoms with Crippen molar-refractivity contribution in [3.05, 3.63) is 18.2 Å². The van der Waals surface area contributed by atoms with E-state index in [9.17, 15) is 4.79 Å². The van der Waals surface area contributed by atoms with Crippen LogP contribution in [0.2, 0.25) is 0 Å². The van der Waals surface area contributed by atoms with Gasteiger partial charge in [0.15, 0.2) is 11.5 Å². The molecule has 3 aliphatic rings. The van der Waals surface area contributed by atoms with Gasteiger partial charge in [0.25, 0.3) is 0 Å². The number of rotatable bonds is 2. The molecule has 0 aromatic heterocycles. The molecule has 1 saturated carbocycles. The summed E-state index contributed by atoms with van der Waals surface area (Å²) in [6.07, 6.45) is 3.24. The van der Waals surface area contributed by atoms with Gasteiger partial charge >= 0.3 is 0 Å². The highest BCUT2D eigenvalue weighted by molar-refractivity contribution is 5.96. The molecule has 2 aliphatic heterocycles. The summed E-state index contributed by atoms with van der Waals surface area (Å²) in [4.78, 5) is 12.5. The van der Waals surface area contributed by atoms with Crippen molar-refractivity contribution in [1.29, 1.82) is 0 Å². The lowest BCUT2D eigenvalue weighted by Crippen LogP contribution is -2.31. The fourth-order valence-corrected chi connectivity index (χ4v) is 3.59. The predicted octanol–water partition coefficient (Wildman–Crippen LogP) is 1.79. The van der Waals surface area contributed by atoms with Gasteiger partial charge in [0, 0.05) is 5.92 Å². The van der Waals surface area contributed by atoms with Gasteiger partial charge in [0.1, 0.15) is 13.2 Å². The summed E-state index contributed by atoms with van der Waals surface area (Å²) in [6, 6.07) is 5.63. The SMILES string of the molecule is O=C(Nc1cccc2c1OCCO2)C1CC12CCNCC2. The maximum absolute atomic E-state index is 12.5. The Hall–Kier alpha value is -1.75. The van der Waals surface area contributed by atoms with E-state index in [0.29, 0.717) is 24.7 Å². The Balaban J connectivity index is 1.48. The van der Waals surface area contributed by atoms with Crippen molar-refractivity contribution in [2.75, 3.05) is 31.6 Å². The normalized spacial score (nSPS) is 25.4. The third-order valence-corrected chi connectivity index (χ3v) is 4.93. The van der Waals surface area contributed by atoms with Crippen LogP contribution in [-0.4, -0.2) is 32.2 Å². The minimum absolute atomic E-state index is 0.125. The molecule has 1 saturated heterocycles. The quantitative estimate of drug-likeness (QED) is 0.871. The molecule has 21 heavy (non-hydrogen) atoms. The molecule has 2 fully saturated rings. The summed E-state index contributed by atoms with van der Waals surface area (Å²) in [7, 11) is 0. The topological polar surface area (TPSA) is 59.6 Å². The molecule has 1 atom stereocenters. The van der Waals surface area contributed by atoms with E-state index in [2.05, 4.69) is 10.6 Å². The van der Waals surface area contributed by atoms with Gasteiger partial charge in [-0.1, -0.05) is 6.07 Å². The van der Waals surface area contributed by atoms with Crippen LogP contribution in [0.25, 0.3) is 0 Å². The van der Waals surface area contributed by atoms with E-state index in [0.717, 1.165) is 38.0 Å². The van der Waals surface area contributed by atoms with Gasteiger partial charge in [-0.2, -0.15) is 0 Å². The van der Waals surface area contributed by atoms with E-state index in [1.807, 2.05) is 18.2 Å². The molecule has 0 bridgehead atoms. The first kappa shape index (κ1) is 13.0. The van der Waals surface area contributed by atoms with Crippen molar-refractivity contribution in [2.45, 2.75) is 19.3 Å². The van der Waals surface area contributed by atoms with Crippen molar-refractivity contribution in [3.63, 3.8) is 0 Å². The molecule has 1 aliphatic carbocycles. The highest BCUT2D eigenvalue weighted by Crippen LogP contribution is 2.59. The lowest BCUT2D eigenvalue weighted by atomic mass is 9.92. The minimum atomic E-state index is 0.125. The van der Waals surface area contributed by atoms with Crippen molar-refractivity contribution in [3.8, 4) is 11.5 Å². The molecule has 1 unspecified atom stereocenters. The van der Waals surface area contributed by atoms with Gasteiger partial charge in [0.2, 0.25) is 5.91 Å².